The Kier molecular flexibility index (Phi) is 12.5. The molecule has 298 valence electrons. The number of likely N-dealkylation sites (tertiary alicyclic amines) is 1. The number of alkyl halides is 1. The minimum Gasteiger partial charge on any atom is -0.444 e. The fourth-order valence-corrected chi connectivity index (χ4v) is 9.88. The van der Waals surface area contributed by atoms with E-state index in [1.54, 1.807) is 43.9 Å². The fourth-order valence-electron chi connectivity index (χ4n) is 8.77. The maximum atomic E-state index is 14.3. The van der Waals surface area contributed by atoms with Crippen molar-refractivity contribution in [2.24, 2.45) is 23.7 Å². The van der Waals surface area contributed by atoms with Gasteiger partial charge in [0.25, 0.3) is 5.91 Å². The Morgan fingerprint density at radius 1 is 0.963 bits per heavy atom. The summed E-state index contributed by atoms with van der Waals surface area (Å²) in [6, 6.07) is 5.37. The molecule has 4 N–H and O–H groups in total. The highest BCUT2D eigenvalue weighted by molar-refractivity contribution is 7.87. The highest BCUT2D eigenvalue weighted by Gasteiger charge is 2.47. The summed E-state index contributed by atoms with van der Waals surface area (Å²) in [5.74, 6) is -1.15. The Morgan fingerprint density at radius 3 is 2.33 bits per heavy atom. The summed E-state index contributed by atoms with van der Waals surface area (Å²) in [7, 11) is -4.05. The van der Waals surface area contributed by atoms with Crippen LogP contribution >= 0.6 is 0 Å². The van der Waals surface area contributed by atoms with Gasteiger partial charge in [-0.05, 0) is 94.9 Å². The standard InChI is InChI=1S/C38H55FN6O8S/c1-38(2,3)53-37(49)42-32(23-39)25-9-11-26(12-10-25)36(48)45-16-15-29(24-7-5-4-6-8-24)33(45)35(47)40-28-13-14-30-27(21-28)22-31(41-30)34(46)43-54(50,51)44-17-19-52-20-18-44/h13-14,21-22,24-26,29,32-33,41H,4-12,15-20,23H2,1-3H3,(H,40,47)(H,42,49)(H,43,46)/t25?,26?,29?,32-,33+/m1/s1. The molecule has 1 unspecified atom stereocenters. The first-order valence-electron chi connectivity index (χ1n) is 19.4. The number of carbonyl (C=O) groups is 4. The number of aromatic amines is 1. The lowest BCUT2D eigenvalue weighted by Gasteiger charge is -2.37. The van der Waals surface area contributed by atoms with Crippen LogP contribution in [0.5, 0.6) is 0 Å². The molecule has 54 heavy (non-hydrogen) atoms. The largest absolute Gasteiger partial charge is 0.444 e. The SMILES string of the molecule is CC(C)(C)OC(=O)N[C@H](CF)C1CCC(C(=O)N2CCC(C3CCCCC3)[C@H]2C(=O)Nc2ccc3[nH]c(C(=O)NS(=O)(=O)N4CCOCC4)cc3c2)CC1. The summed E-state index contributed by atoms with van der Waals surface area (Å²) < 4.78 is 53.4. The normalized spacial score (nSPS) is 25.2. The summed E-state index contributed by atoms with van der Waals surface area (Å²) in [6.07, 6.45) is 7.77. The van der Waals surface area contributed by atoms with Gasteiger partial charge in [-0.15, -0.1) is 0 Å². The monoisotopic (exact) mass is 774 g/mol. The van der Waals surface area contributed by atoms with Crippen molar-refractivity contribution in [2.45, 2.75) is 103 Å². The third-order valence-electron chi connectivity index (χ3n) is 11.5. The number of nitrogens with one attached hydrogen (secondary N) is 4. The van der Waals surface area contributed by atoms with Crippen molar-refractivity contribution in [1.82, 2.24) is 24.2 Å². The van der Waals surface area contributed by atoms with Gasteiger partial charge >= 0.3 is 16.3 Å². The minimum atomic E-state index is -4.05. The first-order valence-corrected chi connectivity index (χ1v) is 20.9. The van der Waals surface area contributed by atoms with Gasteiger partial charge in [0.15, 0.2) is 0 Å². The molecule has 2 aliphatic heterocycles. The quantitative estimate of drug-likeness (QED) is 0.264. The van der Waals surface area contributed by atoms with E-state index in [4.69, 9.17) is 9.47 Å². The van der Waals surface area contributed by atoms with E-state index in [-0.39, 0.29) is 61.6 Å². The first-order chi connectivity index (χ1) is 25.7. The summed E-state index contributed by atoms with van der Waals surface area (Å²) in [5.41, 5.74) is 0.446. The number of morpholine rings is 1. The smallest absolute Gasteiger partial charge is 0.407 e. The lowest BCUT2D eigenvalue weighted by molar-refractivity contribution is -0.142. The zero-order valence-corrected chi connectivity index (χ0v) is 32.4. The summed E-state index contributed by atoms with van der Waals surface area (Å²) in [6.45, 7) is 5.85. The van der Waals surface area contributed by atoms with E-state index in [2.05, 4.69) is 20.3 Å². The molecule has 4 amide bonds. The van der Waals surface area contributed by atoms with E-state index in [1.165, 1.54) is 16.8 Å². The molecule has 2 aromatic rings. The molecule has 6 rings (SSSR count). The number of amides is 4. The van der Waals surface area contributed by atoms with Gasteiger partial charge < -0.3 is 30.0 Å². The number of rotatable bonds is 10. The van der Waals surface area contributed by atoms with Crippen molar-refractivity contribution in [2.75, 3.05) is 44.8 Å². The van der Waals surface area contributed by atoms with Gasteiger partial charge in [0, 0.05) is 42.1 Å². The first kappa shape index (κ1) is 39.9. The van der Waals surface area contributed by atoms with Crippen LogP contribution in [0.15, 0.2) is 24.3 Å². The predicted octanol–water partition coefficient (Wildman–Crippen LogP) is 4.88. The molecular weight excluding hydrogens is 720 g/mol. The Hall–Kier alpha value is -3.76. The Balaban J connectivity index is 1.12. The van der Waals surface area contributed by atoms with Gasteiger partial charge in [-0.1, -0.05) is 32.1 Å². The molecule has 1 aromatic carbocycles. The molecule has 2 aliphatic carbocycles. The number of fused-ring (bicyclic) bond motifs is 1. The Labute approximate surface area is 316 Å². The Morgan fingerprint density at radius 2 is 1.67 bits per heavy atom. The van der Waals surface area contributed by atoms with Crippen LogP contribution in [0.25, 0.3) is 10.9 Å². The molecule has 2 saturated heterocycles. The maximum Gasteiger partial charge on any atom is 0.407 e. The zero-order valence-electron chi connectivity index (χ0n) is 31.5. The molecular formula is C38H55FN6O8S. The second-order valence-electron chi connectivity index (χ2n) is 16.3. The highest BCUT2D eigenvalue weighted by Crippen LogP contribution is 2.41. The maximum absolute atomic E-state index is 14.3. The van der Waals surface area contributed by atoms with Crippen LogP contribution in [0.2, 0.25) is 0 Å². The van der Waals surface area contributed by atoms with Crippen LogP contribution in [-0.4, -0.2) is 104 Å². The highest BCUT2D eigenvalue weighted by atomic mass is 32.2. The third kappa shape index (κ3) is 9.54. The number of aromatic nitrogens is 1. The molecule has 2 saturated carbocycles. The molecule has 14 nitrogen and oxygen atoms in total. The molecule has 4 aliphatic rings. The van der Waals surface area contributed by atoms with E-state index in [0.717, 1.165) is 32.1 Å². The van der Waals surface area contributed by atoms with E-state index < -0.39 is 46.6 Å². The van der Waals surface area contributed by atoms with Crippen LogP contribution in [0.3, 0.4) is 0 Å². The number of hydrogen-bond donors (Lipinski definition) is 4. The molecule has 0 radical (unpaired) electrons. The average molecular weight is 775 g/mol. The lowest BCUT2D eigenvalue weighted by Crippen LogP contribution is -2.50. The van der Waals surface area contributed by atoms with Crippen LogP contribution in [0.4, 0.5) is 14.9 Å². The number of benzene rings is 1. The summed E-state index contributed by atoms with van der Waals surface area (Å²) >= 11 is 0. The topological polar surface area (TPSA) is 179 Å². The molecule has 16 heteroatoms. The minimum absolute atomic E-state index is 0.0271. The molecule has 0 spiro atoms. The molecule has 3 atom stereocenters. The molecule has 0 bridgehead atoms. The van der Waals surface area contributed by atoms with Crippen LogP contribution in [-0.2, 0) is 29.3 Å². The van der Waals surface area contributed by atoms with E-state index in [9.17, 15) is 32.0 Å². The number of nitrogens with zero attached hydrogens (tertiary/aromatic N) is 2. The number of hydrogen-bond acceptors (Lipinski definition) is 8. The van der Waals surface area contributed by atoms with Gasteiger partial charge in [-0.25, -0.2) is 13.9 Å². The van der Waals surface area contributed by atoms with E-state index >= 15 is 0 Å². The number of ether oxygens (including phenoxy) is 2. The number of H-pyrrole nitrogens is 1. The van der Waals surface area contributed by atoms with Crippen LogP contribution in [0.1, 0.15) is 95.5 Å². The number of halogens is 1. The van der Waals surface area contributed by atoms with Gasteiger partial charge in [0.1, 0.15) is 24.0 Å². The van der Waals surface area contributed by atoms with Crippen molar-refractivity contribution < 1.29 is 41.5 Å². The van der Waals surface area contributed by atoms with Crippen LogP contribution in [0, 0.1) is 23.7 Å². The van der Waals surface area contributed by atoms with Gasteiger partial charge in [-0.2, -0.15) is 12.7 Å². The second kappa shape index (κ2) is 16.9. The van der Waals surface area contributed by atoms with Crippen molar-refractivity contribution >= 4 is 50.6 Å². The molecule has 4 fully saturated rings. The van der Waals surface area contributed by atoms with Gasteiger partial charge in [-0.3, -0.25) is 14.4 Å². The van der Waals surface area contributed by atoms with Gasteiger partial charge in [0.2, 0.25) is 11.8 Å². The molecule has 1 aromatic heterocycles. The average Bonchev–Trinajstić information content (AvgIpc) is 3.79. The van der Waals surface area contributed by atoms with E-state index in [0.29, 0.717) is 54.7 Å². The summed E-state index contributed by atoms with van der Waals surface area (Å²) in [5, 5.41) is 6.35. The van der Waals surface area contributed by atoms with Crippen molar-refractivity contribution in [1.29, 1.82) is 0 Å². The number of anilines is 1. The van der Waals surface area contributed by atoms with Crippen molar-refractivity contribution in [3.63, 3.8) is 0 Å². The zero-order chi connectivity index (χ0) is 38.6. The summed E-state index contributed by atoms with van der Waals surface area (Å²) in [4.78, 5) is 58.5. The van der Waals surface area contributed by atoms with Crippen molar-refractivity contribution in [3.05, 3.63) is 30.0 Å². The van der Waals surface area contributed by atoms with E-state index in [1.807, 2.05) is 0 Å². The number of alkyl carbamates (subject to hydrolysis) is 1. The van der Waals surface area contributed by atoms with Crippen LogP contribution < -0.4 is 15.4 Å². The molecule has 3 heterocycles. The fraction of sp³-hybridized carbons (Fsp3) is 0.684. The number of carbonyl (C=O) groups excluding carboxylic acids is 4. The van der Waals surface area contributed by atoms with Crippen molar-refractivity contribution in [3.8, 4) is 0 Å². The van der Waals surface area contributed by atoms with Gasteiger partial charge in [0.05, 0.1) is 19.3 Å². The second-order valence-corrected chi connectivity index (χ2v) is 17.9. The lowest BCUT2D eigenvalue weighted by atomic mass is 9.76. The third-order valence-corrected chi connectivity index (χ3v) is 13.0. The predicted molar refractivity (Wildman–Crippen MR) is 200 cm³/mol. The Bertz CT molecular complexity index is 1780.